The van der Waals surface area contributed by atoms with Crippen LogP contribution in [0.2, 0.25) is 0 Å². The first-order valence-corrected chi connectivity index (χ1v) is 7.76. The lowest BCUT2D eigenvalue weighted by atomic mass is 10.2. The maximum atomic E-state index is 12.1. The van der Waals surface area contributed by atoms with E-state index in [9.17, 15) is 8.42 Å². The molecule has 17 heavy (non-hydrogen) atoms. The molecular formula is C10H21ClN2O3S. The van der Waals surface area contributed by atoms with Crippen molar-refractivity contribution in [2.45, 2.75) is 25.4 Å². The lowest BCUT2D eigenvalue weighted by molar-refractivity contribution is 0.0967. The maximum absolute atomic E-state index is 12.1. The van der Waals surface area contributed by atoms with E-state index >= 15 is 0 Å². The van der Waals surface area contributed by atoms with Crippen LogP contribution in [0, 0.1) is 0 Å². The molecule has 1 aliphatic heterocycles. The van der Waals surface area contributed by atoms with Crippen LogP contribution in [-0.4, -0.2) is 62.8 Å². The van der Waals surface area contributed by atoms with Crippen LogP contribution in [0.25, 0.3) is 0 Å². The van der Waals surface area contributed by atoms with Crippen LogP contribution >= 0.6 is 11.6 Å². The molecule has 0 bridgehead atoms. The van der Waals surface area contributed by atoms with Crippen LogP contribution in [-0.2, 0) is 14.9 Å². The average Bonchev–Trinajstić information content (AvgIpc) is 2.78. The lowest BCUT2D eigenvalue weighted by Crippen LogP contribution is -2.43. The summed E-state index contributed by atoms with van der Waals surface area (Å²) in [7, 11) is -0.202. The molecule has 0 radical (unpaired) electrons. The third-order valence-electron chi connectivity index (χ3n) is 2.88. The molecule has 1 saturated heterocycles. The van der Waals surface area contributed by atoms with Gasteiger partial charge in [-0.1, -0.05) is 0 Å². The molecule has 1 fully saturated rings. The van der Waals surface area contributed by atoms with Crippen molar-refractivity contribution in [2.24, 2.45) is 0 Å². The van der Waals surface area contributed by atoms with Crippen molar-refractivity contribution >= 4 is 21.8 Å². The van der Waals surface area contributed by atoms with E-state index in [1.165, 1.54) is 8.61 Å². The van der Waals surface area contributed by atoms with Crippen LogP contribution in [0.5, 0.6) is 0 Å². The van der Waals surface area contributed by atoms with Gasteiger partial charge in [0.1, 0.15) is 0 Å². The Kier molecular flexibility index (Phi) is 6.16. The fourth-order valence-corrected chi connectivity index (χ4v) is 3.11. The fourth-order valence-electron chi connectivity index (χ4n) is 1.81. The Hall–Kier alpha value is 0.120. The highest BCUT2D eigenvalue weighted by Crippen LogP contribution is 2.15. The van der Waals surface area contributed by atoms with Crippen LogP contribution < -0.4 is 0 Å². The Morgan fingerprint density at radius 1 is 1.35 bits per heavy atom. The number of hydrogen-bond acceptors (Lipinski definition) is 3. The molecule has 0 amide bonds. The predicted molar refractivity (Wildman–Crippen MR) is 68.5 cm³/mol. The summed E-state index contributed by atoms with van der Waals surface area (Å²) in [5, 5.41) is 0. The fraction of sp³-hybridized carbons (Fsp3) is 1.00. The molecule has 1 heterocycles. The zero-order valence-electron chi connectivity index (χ0n) is 10.4. The minimum atomic E-state index is -3.37. The van der Waals surface area contributed by atoms with Crippen LogP contribution in [0.1, 0.15) is 19.3 Å². The largest absolute Gasteiger partial charge is 0.377 e. The van der Waals surface area contributed by atoms with Gasteiger partial charge in [0, 0.05) is 39.7 Å². The third-order valence-corrected chi connectivity index (χ3v) is 5.05. The lowest BCUT2D eigenvalue weighted by Gasteiger charge is -2.25. The topological polar surface area (TPSA) is 49.9 Å². The molecule has 1 atom stereocenters. The summed E-state index contributed by atoms with van der Waals surface area (Å²) in [6.45, 7) is 1.61. The SMILES string of the molecule is CN(CCCCl)S(=O)(=O)N(C)CC1CCCO1. The Bertz CT molecular complexity index is 318. The molecule has 0 aliphatic carbocycles. The van der Waals surface area contributed by atoms with Gasteiger partial charge < -0.3 is 4.74 Å². The molecule has 0 aromatic rings. The normalized spacial score (nSPS) is 21.6. The molecule has 0 saturated carbocycles. The minimum Gasteiger partial charge on any atom is -0.377 e. The Balaban J connectivity index is 2.49. The smallest absolute Gasteiger partial charge is 0.281 e. The van der Waals surface area contributed by atoms with Crippen molar-refractivity contribution in [2.75, 3.05) is 39.7 Å². The predicted octanol–water partition coefficient (Wildman–Crippen LogP) is 0.903. The van der Waals surface area contributed by atoms with E-state index in [1.54, 1.807) is 14.1 Å². The highest BCUT2D eigenvalue weighted by molar-refractivity contribution is 7.86. The molecule has 0 spiro atoms. The van der Waals surface area contributed by atoms with E-state index in [0.29, 0.717) is 25.4 Å². The van der Waals surface area contributed by atoms with Crippen LogP contribution in [0.15, 0.2) is 0 Å². The third kappa shape index (κ3) is 4.37. The number of alkyl halides is 1. The second kappa shape index (κ2) is 6.89. The van der Waals surface area contributed by atoms with Crippen molar-refractivity contribution in [3.05, 3.63) is 0 Å². The molecule has 0 aromatic carbocycles. The molecule has 1 unspecified atom stereocenters. The summed E-state index contributed by atoms with van der Waals surface area (Å²) in [6.07, 6.45) is 2.65. The van der Waals surface area contributed by atoms with Crippen LogP contribution in [0.4, 0.5) is 0 Å². The molecule has 0 N–H and O–H groups in total. The van der Waals surface area contributed by atoms with E-state index in [4.69, 9.17) is 16.3 Å². The number of likely N-dealkylation sites (N-methyl/N-ethyl adjacent to an activating group) is 1. The summed E-state index contributed by atoms with van der Waals surface area (Å²) >= 11 is 5.56. The van der Waals surface area contributed by atoms with Gasteiger partial charge in [-0.25, -0.2) is 0 Å². The zero-order chi connectivity index (χ0) is 12.9. The van der Waals surface area contributed by atoms with Gasteiger partial charge in [0.25, 0.3) is 10.2 Å². The van der Waals surface area contributed by atoms with Gasteiger partial charge in [-0.05, 0) is 19.3 Å². The van der Waals surface area contributed by atoms with E-state index in [-0.39, 0.29) is 6.10 Å². The van der Waals surface area contributed by atoms with E-state index in [0.717, 1.165) is 19.4 Å². The first kappa shape index (κ1) is 15.2. The molecule has 0 aromatic heterocycles. The van der Waals surface area contributed by atoms with E-state index in [1.807, 2.05) is 0 Å². The molecule has 1 rings (SSSR count). The van der Waals surface area contributed by atoms with E-state index in [2.05, 4.69) is 0 Å². The first-order valence-electron chi connectivity index (χ1n) is 5.83. The van der Waals surface area contributed by atoms with E-state index < -0.39 is 10.2 Å². The van der Waals surface area contributed by atoms with Gasteiger partial charge in [-0.3, -0.25) is 0 Å². The van der Waals surface area contributed by atoms with Crippen molar-refractivity contribution in [1.82, 2.24) is 8.61 Å². The Morgan fingerprint density at radius 3 is 2.59 bits per heavy atom. The van der Waals surface area contributed by atoms with Gasteiger partial charge in [0.2, 0.25) is 0 Å². The summed E-state index contributed by atoms with van der Waals surface area (Å²) in [4.78, 5) is 0. The van der Waals surface area contributed by atoms with Gasteiger partial charge in [-0.15, -0.1) is 11.6 Å². The highest BCUT2D eigenvalue weighted by atomic mass is 35.5. The monoisotopic (exact) mass is 284 g/mol. The molecule has 7 heteroatoms. The second-order valence-electron chi connectivity index (χ2n) is 4.29. The summed E-state index contributed by atoms with van der Waals surface area (Å²) in [6, 6.07) is 0. The van der Waals surface area contributed by atoms with Gasteiger partial charge in [0.05, 0.1) is 6.10 Å². The number of halogens is 1. The standard InChI is InChI=1S/C10H21ClN2O3S/c1-12(7-4-6-11)17(14,15)13(2)9-10-5-3-8-16-10/h10H,3-9H2,1-2H3. The summed E-state index contributed by atoms with van der Waals surface area (Å²) in [5.41, 5.74) is 0. The highest BCUT2D eigenvalue weighted by Gasteiger charge is 2.27. The quantitative estimate of drug-likeness (QED) is 0.653. The summed E-state index contributed by atoms with van der Waals surface area (Å²) in [5.74, 6) is 0.468. The number of ether oxygens (including phenoxy) is 1. The molecule has 1 aliphatic rings. The molecule has 5 nitrogen and oxygen atoms in total. The number of rotatable bonds is 7. The summed E-state index contributed by atoms with van der Waals surface area (Å²) < 4.78 is 32.3. The van der Waals surface area contributed by atoms with Gasteiger partial charge in [0.15, 0.2) is 0 Å². The van der Waals surface area contributed by atoms with Crippen LogP contribution in [0.3, 0.4) is 0 Å². The van der Waals surface area contributed by atoms with Gasteiger partial charge in [-0.2, -0.15) is 17.0 Å². The van der Waals surface area contributed by atoms with Crippen molar-refractivity contribution < 1.29 is 13.2 Å². The Morgan fingerprint density at radius 2 is 2.06 bits per heavy atom. The number of hydrogen-bond donors (Lipinski definition) is 0. The van der Waals surface area contributed by atoms with Crippen molar-refractivity contribution in [3.8, 4) is 0 Å². The van der Waals surface area contributed by atoms with Crippen molar-refractivity contribution in [3.63, 3.8) is 0 Å². The second-order valence-corrected chi connectivity index (χ2v) is 6.81. The molecular weight excluding hydrogens is 264 g/mol. The van der Waals surface area contributed by atoms with Crippen molar-refractivity contribution in [1.29, 1.82) is 0 Å². The average molecular weight is 285 g/mol. The Labute approximate surface area is 109 Å². The first-order chi connectivity index (χ1) is 7.98. The zero-order valence-corrected chi connectivity index (χ0v) is 12.0. The van der Waals surface area contributed by atoms with Gasteiger partial charge >= 0.3 is 0 Å². The minimum absolute atomic E-state index is 0.0381. The number of nitrogens with zero attached hydrogens (tertiary/aromatic N) is 2. The maximum Gasteiger partial charge on any atom is 0.281 e. The molecule has 102 valence electrons.